The molecule has 2 heterocycles. The third kappa shape index (κ3) is 2.89. The van der Waals surface area contributed by atoms with Gasteiger partial charge in [-0.15, -0.1) is 0 Å². The van der Waals surface area contributed by atoms with Crippen molar-refractivity contribution in [3.8, 4) is 0 Å². The van der Waals surface area contributed by atoms with Gasteiger partial charge in [-0.1, -0.05) is 60.7 Å². The average molecular weight is 356 g/mol. The van der Waals surface area contributed by atoms with Gasteiger partial charge in [0.2, 0.25) is 0 Å². The van der Waals surface area contributed by atoms with E-state index in [1.54, 1.807) is 42.6 Å². The lowest BCUT2D eigenvalue weighted by atomic mass is 9.95. The monoisotopic (exact) mass is 356 g/mol. The largest absolute Gasteiger partial charge is 0.507 e. The Morgan fingerprint density at radius 2 is 1.56 bits per heavy atom. The van der Waals surface area contributed by atoms with Crippen LogP contribution in [0.5, 0.6) is 0 Å². The number of carbonyl (C=O) groups is 2. The van der Waals surface area contributed by atoms with Crippen LogP contribution >= 0.6 is 0 Å². The number of Topliss-reactive ketones (excluding diaryl/α,β-unsaturated/α-hetero) is 1. The number of nitrogens with zero attached hydrogens (tertiary/aromatic N) is 2. The molecular formula is C22H16N2O3. The van der Waals surface area contributed by atoms with Gasteiger partial charge in [0, 0.05) is 11.8 Å². The highest BCUT2D eigenvalue weighted by Crippen LogP contribution is 2.41. The first-order chi connectivity index (χ1) is 13.2. The van der Waals surface area contributed by atoms with Crippen molar-refractivity contribution in [1.29, 1.82) is 0 Å². The minimum atomic E-state index is -0.726. The number of hydrogen-bond donors (Lipinski definition) is 1. The van der Waals surface area contributed by atoms with Crippen molar-refractivity contribution in [1.82, 2.24) is 4.98 Å². The zero-order valence-corrected chi connectivity index (χ0v) is 14.3. The lowest BCUT2D eigenvalue weighted by Crippen LogP contribution is -2.29. The van der Waals surface area contributed by atoms with Gasteiger partial charge in [-0.05, 0) is 17.7 Å². The van der Waals surface area contributed by atoms with Crippen LogP contribution in [0.25, 0.3) is 5.76 Å². The molecule has 1 saturated heterocycles. The third-order valence-corrected chi connectivity index (χ3v) is 4.53. The maximum absolute atomic E-state index is 12.9. The van der Waals surface area contributed by atoms with Crippen molar-refractivity contribution in [2.45, 2.75) is 6.04 Å². The number of benzene rings is 2. The van der Waals surface area contributed by atoms with E-state index in [1.807, 2.05) is 36.4 Å². The average Bonchev–Trinajstić information content (AvgIpc) is 3.00. The van der Waals surface area contributed by atoms with Gasteiger partial charge in [0.15, 0.2) is 0 Å². The fraction of sp³-hybridized carbons (Fsp3) is 0.0455. The Kier molecular flexibility index (Phi) is 4.26. The van der Waals surface area contributed by atoms with E-state index in [2.05, 4.69) is 4.98 Å². The summed E-state index contributed by atoms with van der Waals surface area (Å²) < 4.78 is 0. The number of hydrogen-bond acceptors (Lipinski definition) is 4. The first kappa shape index (κ1) is 16.7. The highest BCUT2D eigenvalue weighted by atomic mass is 16.3. The van der Waals surface area contributed by atoms with Crippen molar-refractivity contribution in [3.05, 3.63) is 102 Å². The smallest absolute Gasteiger partial charge is 0.300 e. The molecule has 0 spiro atoms. The number of anilines is 1. The van der Waals surface area contributed by atoms with Gasteiger partial charge in [0.25, 0.3) is 11.7 Å². The van der Waals surface area contributed by atoms with Crippen LogP contribution in [-0.2, 0) is 9.59 Å². The van der Waals surface area contributed by atoms with Crippen molar-refractivity contribution < 1.29 is 14.7 Å². The van der Waals surface area contributed by atoms with Crippen LogP contribution in [0.3, 0.4) is 0 Å². The molecule has 5 nitrogen and oxygen atoms in total. The van der Waals surface area contributed by atoms with Crippen LogP contribution in [-0.4, -0.2) is 21.8 Å². The summed E-state index contributed by atoms with van der Waals surface area (Å²) in [5, 5.41) is 10.9. The summed E-state index contributed by atoms with van der Waals surface area (Å²) >= 11 is 0. The zero-order valence-electron chi connectivity index (χ0n) is 14.3. The highest BCUT2D eigenvalue weighted by Gasteiger charge is 2.46. The Morgan fingerprint density at radius 3 is 2.19 bits per heavy atom. The van der Waals surface area contributed by atoms with Gasteiger partial charge in [0.1, 0.15) is 5.76 Å². The second kappa shape index (κ2) is 6.88. The summed E-state index contributed by atoms with van der Waals surface area (Å²) in [5.41, 5.74) is 1.79. The Hall–Kier alpha value is -3.73. The molecule has 4 rings (SSSR count). The SMILES string of the molecule is O=C1C(=O)N(c2cccnc2)C(c2ccccc2)/C1=C(\O)c1ccccc1. The van der Waals surface area contributed by atoms with Gasteiger partial charge in [-0.3, -0.25) is 19.5 Å². The Morgan fingerprint density at radius 1 is 0.889 bits per heavy atom. The zero-order chi connectivity index (χ0) is 18.8. The standard InChI is InChI=1S/C22H16N2O3/c25-20(16-10-5-2-6-11-16)18-19(15-8-3-1-4-9-15)24(22(27)21(18)26)17-12-7-13-23-14-17/h1-14,19,25H/b20-18+. The molecule has 2 aromatic carbocycles. The number of aliphatic hydroxyl groups is 1. The van der Waals surface area contributed by atoms with Gasteiger partial charge >= 0.3 is 0 Å². The van der Waals surface area contributed by atoms with Crippen molar-refractivity contribution in [3.63, 3.8) is 0 Å². The highest BCUT2D eigenvalue weighted by molar-refractivity contribution is 6.51. The number of aliphatic hydroxyl groups excluding tert-OH is 1. The predicted octanol–water partition coefficient (Wildman–Crippen LogP) is 3.71. The fourth-order valence-electron chi connectivity index (χ4n) is 3.30. The molecule has 0 saturated carbocycles. The van der Waals surface area contributed by atoms with E-state index in [9.17, 15) is 14.7 Å². The molecule has 27 heavy (non-hydrogen) atoms. The van der Waals surface area contributed by atoms with Crippen molar-refractivity contribution in [2.75, 3.05) is 4.90 Å². The van der Waals surface area contributed by atoms with Gasteiger partial charge < -0.3 is 5.11 Å². The molecule has 1 amide bonds. The van der Waals surface area contributed by atoms with Gasteiger partial charge in [-0.2, -0.15) is 0 Å². The second-order valence-corrected chi connectivity index (χ2v) is 6.16. The molecule has 0 bridgehead atoms. The third-order valence-electron chi connectivity index (χ3n) is 4.53. The second-order valence-electron chi connectivity index (χ2n) is 6.16. The van der Waals surface area contributed by atoms with E-state index >= 15 is 0 Å². The van der Waals surface area contributed by atoms with Crippen LogP contribution in [0, 0.1) is 0 Å². The molecule has 1 N–H and O–H groups in total. The van der Waals surface area contributed by atoms with Gasteiger partial charge in [-0.25, -0.2) is 0 Å². The number of rotatable bonds is 3. The lowest BCUT2D eigenvalue weighted by molar-refractivity contribution is -0.132. The van der Waals surface area contributed by atoms with E-state index in [0.717, 1.165) is 5.56 Å². The number of aromatic nitrogens is 1. The Balaban J connectivity index is 1.95. The summed E-state index contributed by atoms with van der Waals surface area (Å²) in [5.74, 6) is -1.59. The fourth-order valence-corrected chi connectivity index (χ4v) is 3.30. The van der Waals surface area contributed by atoms with Crippen molar-refractivity contribution in [2.24, 2.45) is 0 Å². The molecule has 1 aromatic heterocycles. The minimum Gasteiger partial charge on any atom is -0.507 e. The van der Waals surface area contributed by atoms with Crippen molar-refractivity contribution >= 4 is 23.1 Å². The predicted molar refractivity (Wildman–Crippen MR) is 102 cm³/mol. The normalized spacial score (nSPS) is 18.7. The molecule has 1 fully saturated rings. The minimum absolute atomic E-state index is 0.0706. The number of pyridine rings is 1. The summed E-state index contributed by atoms with van der Waals surface area (Å²) in [4.78, 5) is 31.1. The van der Waals surface area contributed by atoms with Gasteiger partial charge in [0.05, 0.1) is 23.5 Å². The van der Waals surface area contributed by atoms with E-state index in [1.165, 1.54) is 11.1 Å². The quantitative estimate of drug-likeness (QED) is 0.441. The van der Waals surface area contributed by atoms with Crippen LogP contribution in [0.1, 0.15) is 17.2 Å². The molecule has 1 aliphatic rings. The van der Waals surface area contributed by atoms with E-state index in [0.29, 0.717) is 11.3 Å². The Labute approximate surface area is 156 Å². The molecule has 132 valence electrons. The van der Waals surface area contributed by atoms with Crippen LogP contribution in [0.2, 0.25) is 0 Å². The first-order valence-electron chi connectivity index (χ1n) is 8.50. The molecule has 1 aliphatic heterocycles. The topological polar surface area (TPSA) is 70.5 Å². The molecule has 3 aromatic rings. The summed E-state index contributed by atoms with van der Waals surface area (Å²) in [6, 6.07) is 20.6. The molecule has 1 unspecified atom stereocenters. The summed E-state index contributed by atoms with van der Waals surface area (Å²) in [6.45, 7) is 0. The van der Waals surface area contributed by atoms with E-state index < -0.39 is 17.7 Å². The number of ketones is 1. The first-order valence-corrected chi connectivity index (χ1v) is 8.50. The summed E-state index contributed by atoms with van der Waals surface area (Å²) in [7, 11) is 0. The number of amides is 1. The molecule has 0 radical (unpaired) electrons. The summed E-state index contributed by atoms with van der Waals surface area (Å²) in [6.07, 6.45) is 3.13. The molecular weight excluding hydrogens is 340 g/mol. The van der Waals surface area contributed by atoms with E-state index in [4.69, 9.17) is 0 Å². The number of carbonyl (C=O) groups excluding carboxylic acids is 2. The molecule has 1 atom stereocenters. The van der Waals surface area contributed by atoms with Crippen LogP contribution in [0.15, 0.2) is 90.8 Å². The lowest BCUT2D eigenvalue weighted by Gasteiger charge is -2.25. The van der Waals surface area contributed by atoms with Crippen LogP contribution < -0.4 is 4.90 Å². The van der Waals surface area contributed by atoms with Crippen LogP contribution in [0.4, 0.5) is 5.69 Å². The molecule has 0 aliphatic carbocycles. The maximum Gasteiger partial charge on any atom is 0.300 e. The molecule has 5 heteroatoms. The van der Waals surface area contributed by atoms with E-state index in [-0.39, 0.29) is 11.3 Å². The Bertz CT molecular complexity index is 1020. The maximum atomic E-state index is 12.9.